The number of benzene rings is 2. The van der Waals surface area contributed by atoms with Crippen LogP contribution in [0.25, 0.3) is 0 Å². The van der Waals surface area contributed by atoms with Gasteiger partial charge in [0.1, 0.15) is 11.7 Å². The summed E-state index contributed by atoms with van der Waals surface area (Å²) in [6.45, 7) is 1.94. The zero-order valence-electron chi connectivity index (χ0n) is 19.3. The third kappa shape index (κ3) is 6.57. The summed E-state index contributed by atoms with van der Waals surface area (Å²) in [5, 5.41) is 9.57. The zero-order chi connectivity index (χ0) is 27.0. The first-order valence-corrected chi connectivity index (χ1v) is 11.1. The molecule has 0 radical (unpaired) electrons. The number of hydrazine groups is 1. The van der Waals surface area contributed by atoms with Crippen LogP contribution in [-0.4, -0.2) is 48.2 Å². The number of aliphatic hydroxyl groups excluding tert-OH is 1. The molecule has 0 aliphatic carbocycles. The molecule has 2 unspecified atom stereocenters. The van der Waals surface area contributed by atoms with Crippen molar-refractivity contribution in [1.82, 2.24) is 15.8 Å². The van der Waals surface area contributed by atoms with Crippen LogP contribution in [0.3, 0.4) is 0 Å². The van der Waals surface area contributed by atoms with Gasteiger partial charge in [-0.3, -0.25) is 4.90 Å². The van der Waals surface area contributed by atoms with E-state index in [1.54, 1.807) is 0 Å². The topological polar surface area (TPSA) is 78.4 Å². The first kappa shape index (κ1) is 27.3. The minimum Gasteiger partial charge on any atom is -0.358 e. The van der Waals surface area contributed by atoms with E-state index in [9.17, 15) is 35.8 Å². The number of nitrogens with one attached hydrogen (secondary N) is 2. The molecular weight excluding hydrogens is 513 g/mol. The number of hydrogen-bond donors (Lipinski definition) is 3. The van der Waals surface area contributed by atoms with Crippen molar-refractivity contribution in [3.8, 4) is 0 Å². The Bertz CT molecular complexity index is 1090. The minimum absolute atomic E-state index is 0.0498. The van der Waals surface area contributed by atoms with Gasteiger partial charge in [-0.25, -0.2) is 9.38 Å². The van der Waals surface area contributed by atoms with Crippen LogP contribution in [0.1, 0.15) is 41.3 Å². The Kier molecular flexibility index (Phi) is 7.76. The molecule has 37 heavy (non-hydrogen) atoms. The molecule has 2 heterocycles. The lowest BCUT2D eigenvalue weighted by Crippen LogP contribution is -2.50. The van der Waals surface area contributed by atoms with Crippen molar-refractivity contribution in [2.24, 2.45) is 4.99 Å². The fraction of sp³-hybridized carbons (Fsp3) is 0.435. The summed E-state index contributed by atoms with van der Waals surface area (Å²) < 4.78 is 105. The third-order valence-electron chi connectivity index (χ3n) is 5.92. The predicted molar refractivity (Wildman–Crippen MR) is 116 cm³/mol. The molecule has 2 aliphatic rings. The lowest BCUT2D eigenvalue weighted by atomic mass is 10.0. The zero-order valence-corrected chi connectivity index (χ0v) is 19.3. The fourth-order valence-corrected chi connectivity index (χ4v) is 4.13. The maximum atomic E-state index is 13.6. The summed E-state index contributed by atoms with van der Waals surface area (Å²) in [5.74, 6) is -0.128. The van der Waals surface area contributed by atoms with Gasteiger partial charge in [-0.1, -0.05) is 12.1 Å². The van der Waals surface area contributed by atoms with E-state index < -0.39 is 54.1 Å². The van der Waals surface area contributed by atoms with Gasteiger partial charge in [0.2, 0.25) is 6.35 Å². The SMILES string of the molecule is C[C@@H](O[C@H]1OCCN(CC2=NC(O)NN2)C1c1ccc(F)cc1)c1cc(C(F)(F)F)cc(C(F)(F)F)c1. The van der Waals surface area contributed by atoms with E-state index in [2.05, 4.69) is 15.8 Å². The highest BCUT2D eigenvalue weighted by molar-refractivity contribution is 5.85. The number of nitrogens with zero attached hydrogens (tertiary/aromatic N) is 2. The van der Waals surface area contributed by atoms with Gasteiger partial charge < -0.3 is 20.0 Å². The van der Waals surface area contributed by atoms with Gasteiger partial charge in [0.25, 0.3) is 0 Å². The van der Waals surface area contributed by atoms with E-state index in [0.29, 0.717) is 30.1 Å². The maximum absolute atomic E-state index is 13.6. The highest BCUT2D eigenvalue weighted by atomic mass is 19.4. The molecule has 0 spiro atoms. The summed E-state index contributed by atoms with van der Waals surface area (Å²) >= 11 is 0. The molecule has 1 fully saturated rings. The van der Waals surface area contributed by atoms with Crippen molar-refractivity contribution in [2.75, 3.05) is 19.7 Å². The van der Waals surface area contributed by atoms with Gasteiger partial charge in [0.15, 0.2) is 6.29 Å². The van der Waals surface area contributed by atoms with Gasteiger partial charge in [-0.2, -0.15) is 31.8 Å². The van der Waals surface area contributed by atoms with Gasteiger partial charge in [-0.15, -0.1) is 0 Å². The van der Waals surface area contributed by atoms with E-state index in [1.165, 1.54) is 31.2 Å². The Balaban J connectivity index is 1.64. The second kappa shape index (κ2) is 10.5. The Morgan fingerprint density at radius 3 is 2.24 bits per heavy atom. The highest BCUT2D eigenvalue weighted by Crippen LogP contribution is 2.39. The van der Waals surface area contributed by atoms with E-state index in [4.69, 9.17) is 9.47 Å². The molecule has 1 saturated heterocycles. The number of alkyl halides is 6. The fourth-order valence-electron chi connectivity index (χ4n) is 4.13. The van der Waals surface area contributed by atoms with Crippen LogP contribution in [0, 0.1) is 5.82 Å². The Labute approximate surface area is 206 Å². The summed E-state index contributed by atoms with van der Waals surface area (Å²) in [6, 6.07) is 5.91. The summed E-state index contributed by atoms with van der Waals surface area (Å²) in [5.41, 5.74) is 2.50. The summed E-state index contributed by atoms with van der Waals surface area (Å²) in [4.78, 5) is 5.80. The normalized spacial score (nSPS) is 24.0. The van der Waals surface area contributed by atoms with E-state index in [0.717, 1.165) is 0 Å². The standard InChI is InChI=1S/C23H23F7N4O3/c1-12(14-8-15(22(25,26)27)10-16(9-14)23(28,29)30)37-20-19(13-2-4-17(24)5-3-13)34(6-7-36-20)11-18-31-21(35)33-32-18/h2-5,8-10,12,19-21,33,35H,6-7,11H2,1H3,(H,31,32)/t12-,19?,20-,21?/m1/s1. The van der Waals surface area contributed by atoms with Crippen molar-refractivity contribution < 1.29 is 45.3 Å². The molecule has 14 heteroatoms. The van der Waals surface area contributed by atoms with Gasteiger partial charge in [0.05, 0.1) is 36.4 Å². The molecule has 2 aromatic rings. The molecule has 4 atom stereocenters. The molecule has 4 rings (SSSR count). The van der Waals surface area contributed by atoms with Crippen molar-refractivity contribution in [2.45, 2.75) is 44.1 Å². The average Bonchev–Trinajstić information content (AvgIpc) is 3.23. The van der Waals surface area contributed by atoms with Crippen LogP contribution in [-0.2, 0) is 21.8 Å². The molecule has 3 N–H and O–H groups in total. The number of aliphatic imine (C=N–C) groups is 1. The van der Waals surface area contributed by atoms with Crippen molar-refractivity contribution in [3.05, 3.63) is 70.5 Å². The smallest absolute Gasteiger partial charge is 0.358 e. The Hall–Kier alpha value is -2.78. The number of halogens is 7. The van der Waals surface area contributed by atoms with Crippen LogP contribution in [0.5, 0.6) is 0 Å². The third-order valence-corrected chi connectivity index (χ3v) is 5.92. The van der Waals surface area contributed by atoms with Crippen molar-refractivity contribution >= 4 is 5.84 Å². The number of hydrogen-bond acceptors (Lipinski definition) is 7. The van der Waals surface area contributed by atoms with Crippen molar-refractivity contribution in [3.63, 3.8) is 0 Å². The monoisotopic (exact) mass is 536 g/mol. The van der Waals surface area contributed by atoms with Crippen molar-refractivity contribution in [1.29, 1.82) is 0 Å². The number of amidine groups is 1. The Morgan fingerprint density at radius 2 is 1.70 bits per heavy atom. The molecule has 2 aromatic carbocycles. The minimum atomic E-state index is -5.00. The summed E-state index contributed by atoms with van der Waals surface area (Å²) in [7, 11) is 0. The lowest BCUT2D eigenvalue weighted by molar-refractivity contribution is -0.227. The lowest BCUT2D eigenvalue weighted by Gasteiger charge is -2.42. The predicted octanol–water partition coefficient (Wildman–Crippen LogP) is 4.12. The molecule has 7 nitrogen and oxygen atoms in total. The molecule has 0 aromatic heterocycles. The number of aliphatic hydroxyl groups is 1. The van der Waals surface area contributed by atoms with E-state index >= 15 is 0 Å². The molecule has 0 saturated carbocycles. The number of morpholine rings is 1. The van der Waals surface area contributed by atoms with Gasteiger partial charge >= 0.3 is 12.4 Å². The van der Waals surface area contributed by atoms with E-state index in [-0.39, 0.29) is 24.8 Å². The second-order valence-electron chi connectivity index (χ2n) is 8.54. The van der Waals surface area contributed by atoms with Crippen LogP contribution in [0.15, 0.2) is 47.5 Å². The Morgan fingerprint density at radius 1 is 1.08 bits per heavy atom. The van der Waals surface area contributed by atoms with Gasteiger partial charge in [0, 0.05) is 6.54 Å². The molecule has 202 valence electrons. The molecular formula is C23H23F7N4O3. The quantitative estimate of drug-likeness (QED) is 0.483. The maximum Gasteiger partial charge on any atom is 0.416 e. The first-order valence-electron chi connectivity index (χ1n) is 11.1. The number of ether oxygens (including phenoxy) is 2. The van der Waals surface area contributed by atoms with Crippen LogP contribution < -0.4 is 10.9 Å². The highest BCUT2D eigenvalue weighted by Gasteiger charge is 2.39. The molecule has 2 aliphatic heterocycles. The number of rotatable bonds is 6. The molecule has 0 bridgehead atoms. The van der Waals surface area contributed by atoms with Crippen LogP contribution >= 0.6 is 0 Å². The van der Waals surface area contributed by atoms with E-state index in [1.807, 2.05) is 4.90 Å². The largest absolute Gasteiger partial charge is 0.416 e. The van der Waals surface area contributed by atoms with Crippen LogP contribution in [0.2, 0.25) is 0 Å². The molecule has 0 amide bonds. The first-order chi connectivity index (χ1) is 17.3. The summed E-state index contributed by atoms with van der Waals surface area (Å²) in [6.07, 6.45) is -13.5. The van der Waals surface area contributed by atoms with Gasteiger partial charge in [-0.05, 0) is 48.4 Å². The average molecular weight is 536 g/mol. The van der Waals surface area contributed by atoms with Crippen LogP contribution in [0.4, 0.5) is 30.7 Å². The second-order valence-corrected chi connectivity index (χ2v) is 8.54.